The van der Waals surface area contributed by atoms with Crippen molar-refractivity contribution in [3.8, 4) is 0 Å². The Bertz CT molecular complexity index is 661. The Labute approximate surface area is 115 Å². The standard InChI is InChI=1S/C11H7F2N3O3S/c12-6-1-8(10(13)9(2-6)16(18)19)11(17)14-3-7-4-20-5-15-7/h1-2,4-5H,3H2,(H,14,17). The van der Waals surface area contributed by atoms with Crippen LogP contribution in [0, 0.1) is 21.7 Å². The number of hydrogen-bond acceptors (Lipinski definition) is 5. The molecular formula is C11H7F2N3O3S. The lowest BCUT2D eigenvalue weighted by molar-refractivity contribution is -0.387. The first-order valence-electron chi connectivity index (χ1n) is 5.27. The molecule has 0 radical (unpaired) electrons. The van der Waals surface area contributed by atoms with Crippen molar-refractivity contribution in [2.75, 3.05) is 0 Å². The number of nitrogens with one attached hydrogen (secondary N) is 1. The molecule has 0 fully saturated rings. The van der Waals surface area contributed by atoms with E-state index in [-0.39, 0.29) is 6.54 Å². The lowest BCUT2D eigenvalue weighted by Crippen LogP contribution is -2.24. The summed E-state index contributed by atoms with van der Waals surface area (Å²) < 4.78 is 26.9. The molecule has 0 unspecified atom stereocenters. The van der Waals surface area contributed by atoms with Crippen molar-refractivity contribution in [2.24, 2.45) is 0 Å². The molecule has 1 amide bonds. The Morgan fingerprint density at radius 1 is 1.45 bits per heavy atom. The first-order chi connectivity index (χ1) is 9.49. The average Bonchev–Trinajstić information content (AvgIpc) is 2.91. The van der Waals surface area contributed by atoms with E-state index in [2.05, 4.69) is 10.3 Å². The molecule has 0 aliphatic rings. The number of nitro groups is 1. The Balaban J connectivity index is 2.23. The number of nitro benzene ring substituents is 1. The molecule has 20 heavy (non-hydrogen) atoms. The molecular weight excluding hydrogens is 292 g/mol. The van der Waals surface area contributed by atoms with Gasteiger partial charge in [-0.3, -0.25) is 14.9 Å². The van der Waals surface area contributed by atoms with Crippen molar-refractivity contribution >= 4 is 22.9 Å². The Morgan fingerprint density at radius 2 is 2.20 bits per heavy atom. The predicted molar refractivity (Wildman–Crippen MR) is 66.3 cm³/mol. The molecule has 9 heteroatoms. The topological polar surface area (TPSA) is 85.1 Å². The smallest absolute Gasteiger partial charge is 0.308 e. The van der Waals surface area contributed by atoms with Crippen molar-refractivity contribution in [3.05, 3.63) is 56.0 Å². The first-order valence-corrected chi connectivity index (χ1v) is 6.22. The summed E-state index contributed by atoms with van der Waals surface area (Å²) in [5, 5.41) is 14.5. The largest absolute Gasteiger partial charge is 0.346 e. The highest BCUT2D eigenvalue weighted by molar-refractivity contribution is 7.07. The van der Waals surface area contributed by atoms with Crippen LogP contribution in [-0.4, -0.2) is 15.8 Å². The van der Waals surface area contributed by atoms with Crippen LogP contribution in [0.4, 0.5) is 14.5 Å². The number of carbonyl (C=O) groups is 1. The molecule has 0 aliphatic carbocycles. The molecule has 2 aromatic rings. The van der Waals surface area contributed by atoms with E-state index in [4.69, 9.17) is 0 Å². The average molecular weight is 299 g/mol. The summed E-state index contributed by atoms with van der Waals surface area (Å²) in [5.41, 5.74) is 0.306. The number of halogens is 2. The van der Waals surface area contributed by atoms with Gasteiger partial charge in [0.1, 0.15) is 5.82 Å². The third kappa shape index (κ3) is 2.94. The van der Waals surface area contributed by atoms with Gasteiger partial charge in [0.15, 0.2) is 0 Å². The fraction of sp³-hybridized carbons (Fsp3) is 0.0909. The summed E-state index contributed by atoms with van der Waals surface area (Å²) in [4.78, 5) is 25.1. The molecule has 1 N–H and O–H groups in total. The van der Waals surface area contributed by atoms with Crippen LogP contribution in [0.3, 0.4) is 0 Å². The van der Waals surface area contributed by atoms with E-state index in [0.717, 1.165) is 0 Å². The van der Waals surface area contributed by atoms with Crippen LogP contribution >= 0.6 is 11.3 Å². The molecule has 1 heterocycles. The highest BCUT2D eigenvalue weighted by Crippen LogP contribution is 2.22. The van der Waals surface area contributed by atoms with Gasteiger partial charge in [0.25, 0.3) is 5.91 Å². The van der Waals surface area contributed by atoms with Crippen LogP contribution in [-0.2, 0) is 6.54 Å². The number of thiazole rings is 1. The molecule has 104 valence electrons. The number of benzene rings is 1. The van der Waals surface area contributed by atoms with E-state index in [9.17, 15) is 23.7 Å². The van der Waals surface area contributed by atoms with Gasteiger partial charge in [-0.25, -0.2) is 9.37 Å². The zero-order valence-corrected chi connectivity index (χ0v) is 10.6. The van der Waals surface area contributed by atoms with Crippen molar-refractivity contribution in [2.45, 2.75) is 6.54 Å². The van der Waals surface area contributed by atoms with Crippen LogP contribution in [0.15, 0.2) is 23.0 Å². The molecule has 0 atom stereocenters. The summed E-state index contributed by atoms with van der Waals surface area (Å²) in [7, 11) is 0. The van der Waals surface area contributed by atoms with Crippen LogP contribution in [0.25, 0.3) is 0 Å². The summed E-state index contributed by atoms with van der Waals surface area (Å²) in [6.07, 6.45) is 0. The molecule has 1 aromatic heterocycles. The quantitative estimate of drug-likeness (QED) is 0.693. The van der Waals surface area contributed by atoms with Gasteiger partial charge in [0.2, 0.25) is 5.82 Å². The Hall–Kier alpha value is -2.42. The lowest BCUT2D eigenvalue weighted by atomic mass is 10.1. The van der Waals surface area contributed by atoms with Gasteiger partial charge in [-0.15, -0.1) is 11.3 Å². The van der Waals surface area contributed by atoms with Gasteiger partial charge in [-0.1, -0.05) is 0 Å². The molecule has 0 bridgehead atoms. The van der Waals surface area contributed by atoms with Crippen molar-refractivity contribution in [1.29, 1.82) is 0 Å². The maximum Gasteiger partial charge on any atom is 0.308 e. The second-order valence-corrected chi connectivity index (χ2v) is 4.42. The number of amides is 1. The van der Waals surface area contributed by atoms with E-state index in [1.165, 1.54) is 11.3 Å². The molecule has 1 aromatic carbocycles. The Kier molecular flexibility index (Phi) is 3.99. The van der Waals surface area contributed by atoms with Gasteiger partial charge < -0.3 is 5.32 Å². The van der Waals surface area contributed by atoms with Crippen LogP contribution < -0.4 is 5.32 Å². The Morgan fingerprint density at radius 3 is 2.80 bits per heavy atom. The number of carbonyl (C=O) groups excluding carboxylic acids is 1. The second kappa shape index (κ2) is 5.70. The van der Waals surface area contributed by atoms with Crippen molar-refractivity contribution in [1.82, 2.24) is 10.3 Å². The predicted octanol–water partition coefficient (Wildman–Crippen LogP) is 2.26. The van der Waals surface area contributed by atoms with E-state index < -0.39 is 33.7 Å². The van der Waals surface area contributed by atoms with E-state index in [1.54, 1.807) is 10.9 Å². The minimum absolute atomic E-state index is 0.0199. The zero-order chi connectivity index (χ0) is 14.7. The normalized spacial score (nSPS) is 10.3. The summed E-state index contributed by atoms with van der Waals surface area (Å²) in [5.74, 6) is -3.37. The van der Waals surface area contributed by atoms with E-state index in [0.29, 0.717) is 17.8 Å². The fourth-order valence-electron chi connectivity index (χ4n) is 1.46. The van der Waals surface area contributed by atoms with Crippen LogP contribution in [0.5, 0.6) is 0 Å². The van der Waals surface area contributed by atoms with Crippen molar-refractivity contribution < 1.29 is 18.5 Å². The monoisotopic (exact) mass is 299 g/mol. The zero-order valence-electron chi connectivity index (χ0n) is 9.80. The SMILES string of the molecule is O=C(NCc1cscn1)c1cc(F)cc([N+](=O)[O-])c1F. The number of aromatic nitrogens is 1. The van der Waals surface area contributed by atoms with Crippen LogP contribution in [0.1, 0.15) is 16.1 Å². The van der Waals surface area contributed by atoms with Gasteiger partial charge in [0.05, 0.1) is 34.3 Å². The molecule has 0 spiro atoms. The highest BCUT2D eigenvalue weighted by atomic mass is 32.1. The maximum absolute atomic E-state index is 13.7. The lowest BCUT2D eigenvalue weighted by Gasteiger charge is -2.05. The highest BCUT2D eigenvalue weighted by Gasteiger charge is 2.24. The van der Waals surface area contributed by atoms with Gasteiger partial charge in [0, 0.05) is 5.38 Å². The number of rotatable bonds is 4. The molecule has 0 saturated carbocycles. The van der Waals surface area contributed by atoms with Crippen molar-refractivity contribution in [3.63, 3.8) is 0 Å². The molecule has 0 aliphatic heterocycles. The fourth-order valence-corrected chi connectivity index (χ4v) is 2.02. The minimum Gasteiger partial charge on any atom is -0.346 e. The maximum atomic E-state index is 13.7. The molecule has 2 rings (SSSR count). The van der Waals surface area contributed by atoms with E-state index >= 15 is 0 Å². The minimum atomic E-state index is -1.37. The van der Waals surface area contributed by atoms with E-state index in [1.807, 2.05) is 0 Å². The second-order valence-electron chi connectivity index (χ2n) is 3.71. The number of nitrogens with zero attached hydrogens (tertiary/aromatic N) is 2. The summed E-state index contributed by atoms with van der Waals surface area (Å²) >= 11 is 1.31. The third-order valence-corrected chi connectivity index (χ3v) is 3.01. The summed E-state index contributed by atoms with van der Waals surface area (Å²) in [6.45, 7) is 0.0199. The van der Waals surface area contributed by atoms with Gasteiger partial charge >= 0.3 is 5.69 Å². The summed E-state index contributed by atoms with van der Waals surface area (Å²) in [6, 6.07) is 1.03. The third-order valence-electron chi connectivity index (χ3n) is 2.37. The van der Waals surface area contributed by atoms with Gasteiger partial charge in [-0.05, 0) is 6.07 Å². The van der Waals surface area contributed by atoms with Gasteiger partial charge in [-0.2, -0.15) is 4.39 Å². The molecule has 6 nitrogen and oxygen atoms in total. The number of hydrogen-bond donors (Lipinski definition) is 1. The first kappa shape index (κ1) is 14.0. The van der Waals surface area contributed by atoms with Crippen LogP contribution in [0.2, 0.25) is 0 Å². The molecule has 0 saturated heterocycles.